The van der Waals surface area contributed by atoms with Crippen LogP contribution in [0.15, 0.2) is 16.3 Å². The summed E-state index contributed by atoms with van der Waals surface area (Å²) in [6.45, 7) is 6.47. The highest BCUT2D eigenvalue weighted by molar-refractivity contribution is 8.00. The van der Waals surface area contributed by atoms with Gasteiger partial charge in [0, 0.05) is 20.3 Å². The van der Waals surface area contributed by atoms with Crippen molar-refractivity contribution in [2.24, 2.45) is 10.5 Å². The lowest BCUT2D eigenvalue weighted by molar-refractivity contribution is 0.363. The highest BCUT2D eigenvalue weighted by atomic mass is 32.2. The Labute approximate surface area is 130 Å². The molecule has 0 N–H and O–H groups in total. The molecule has 21 heavy (non-hydrogen) atoms. The summed E-state index contributed by atoms with van der Waals surface area (Å²) < 4.78 is 10.4. The minimum Gasteiger partial charge on any atom is -0.481 e. The van der Waals surface area contributed by atoms with Gasteiger partial charge in [0.2, 0.25) is 11.8 Å². The van der Waals surface area contributed by atoms with E-state index in [9.17, 15) is 0 Å². The molecule has 0 amide bonds. The maximum Gasteiger partial charge on any atom is 0.220 e. The first-order valence-corrected chi connectivity index (χ1v) is 7.49. The fraction of sp³-hybridized carbons (Fsp3) is 0.643. The standard InChI is InChI=1S/C14H24N4O2S/c1-14(2,3)10(9-15-18(4)5)21-13-16-11(19-6)8-12(17-13)20-7/h8-10H,1-7H3. The van der Waals surface area contributed by atoms with Crippen molar-refractivity contribution < 1.29 is 9.47 Å². The Hall–Kier alpha value is -1.50. The molecule has 0 fully saturated rings. The van der Waals surface area contributed by atoms with Gasteiger partial charge in [-0.05, 0) is 5.41 Å². The average molecular weight is 312 g/mol. The molecule has 1 aromatic heterocycles. The molecule has 0 saturated heterocycles. The first kappa shape index (κ1) is 17.6. The molecule has 1 rings (SSSR count). The van der Waals surface area contributed by atoms with E-state index in [0.717, 1.165) is 0 Å². The van der Waals surface area contributed by atoms with E-state index >= 15 is 0 Å². The minimum absolute atomic E-state index is 0.0177. The van der Waals surface area contributed by atoms with Crippen molar-refractivity contribution in [2.75, 3.05) is 28.3 Å². The normalized spacial score (nSPS) is 13.3. The SMILES string of the molecule is COc1cc(OC)nc(SC(C=NN(C)C)C(C)(C)C)n1. The molecular formula is C14H24N4O2S. The number of hydrogen-bond donors (Lipinski definition) is 0. The molecule has 0 spiro atoms. The Bertz CT molecular complexity index is 464. The van der Waals surface area contributed by atoms with Crippen LogP contribution < -0.4 is 9.47 Å². The van der Waals surface area contributed by atoms with Crippen LogP contribution in [0.2, 0.25) is 0 Å². The van der Waals surface area contributed by atoms with E-state index in [1.807, 2.05) is 20.3 Å². The van der Waals surface area contributed by atoms with Crippen LogP contribution in [0.5, 0.6) is 11.8 Å². The topological polar surface area (TPSA) is 59.8 Å². The van der Waals surface area contributed by atoms with Crippen LogP contribution in [-0.2, 0) is 0 Å². The molecule has 0 bridgehead atoms. The van der Waals surface area contributed by atoms with Gasteiger partial charge >= 0.3 is 0 Å². The van der Waals surface area contributed by atoms with E-state index in [1.54, 1.807) is 25.3 Å². The van der Waals surface area contributed by atoms with Crippen LogP contribution in [0.3, 0.4) is 0 Å². The van der Waals surface area contributed by atoms with Gasteiger partial charge in [-0.15, -0.1) is 0 Å². The molecule has 0 radical (unpaired) electrons. The third-order valence-corrected chi connectivity index (χ3v) is 4.07. The van der Waals surface area contributed by atoms with Crippen molar-refractivity contribution >= 4 is 18.0 Å². The smallest absolute Gasteiger partial charge is 0.220 e. The number of rotatable bonds is 6. The Morgan fingerprint density at radius 1 is 1.19 bits per heavy atom. The Morgan fingerprint density at radius 3 is 2.10 bits per heavy atom. The quantitative estimate of drug-likeness (QED) is 0.348. The van der Waals surface area contributed by atoms with Crippen LogP contribution >= 0.6 is 11.8 Å². The number of nitrogens with zero attached hydrogens (tertiary/aromatic N) is 4. The van der Waals surface area contributed by atoms with Gasteiger partial charge in [-0.25, -0.2) is 0 Å². The molecule has 1 heterocycles. The zero-order valence-electron chi connectivity index (χ0n) is 13.7. The van der Waals surface area contributed by atoms with Crippen LogP contribution in [0.25, 0.3) is 0 Å². The fourth-order valence-electron chi connectivity index (χ4n) is 1.38. The molecule has 1 aromatic rings. The molecule has 0 aliphatic rings. The van der Waals surface area contributed by atoms with E-state index in [-0.39, 0.29) is 10.7 Å². The Kier molecular flexibility index (Phi) is 6.26. The van der Waals surface area contributed by atoms with Crippen molar-refractivity contribution in [1.82, 2.24) is 15.0 Å². The molecular weight excluding hydrogens is 288 g/mol. The average Bonchev–Trinajstić information content (AvgIpc) is 2.41. The number of hydrogen-bond acceptors (Lipinski definition) is 7. The van der Waals surface area contributed by atoms with E-state index < -0.39 is 0 Å². The predicted molar refractivity (Wildman–Crippen MR) is 86.4 cm³/mol. The van der Waals surface area contributed by atoms with Crippen LogP contribution in [-0.4, -0.2) is 54.8 Å². The molecule has 0 saturated carbocycles. The monoisotopic (exact) mass is 312 g/mol. The molecule has 118 valence electrons. The lowest BCUT2D eigenvalue weighted by Gasteiger charge is -2.26. The second kappa shape index (κ2) is 7.49. The third kappa shape index (κ3) is 5.79. The Balaban J connectivity index is 3.03. The molecule has 1 unspecified atom stereocenters. The van der Waals surface area contributed by atoms with Crippen LogP contribution in [0.1, 0.15) is 20.8 Å². The minimum atomic E-state index is 0.0177. The van der Waals surface area contributed by atoms with Crippen molar-refractivity contribution in [3.05, 3.63) is 6.07 Å². The lowest BCUT2D eigenvalue weighted by Crippen LogP contribution is -2.26. The molecule has 0 aliphatic heterocycles. The largest absolute Gasteiger partial charge is 0.481 e. The number of aromatic nitrogens is 2. The number of thioether (sulfide) groups is 1. The fourth-order valence-corrected chi connectivity index (χ4v) is 2.37. The number of methoxy groups -OCH3 is 2. The highest BCUT2D eigenvalue weighted by Crippen LogP contribution is 2.34. The molecule has 1 atom stereocenters. The van der Waals surface area contributed by atoms with Crippen molar-refractivity contribution in [3.63, 3.8) is 0 Å². The van der Waals surface area contributed by atoms with Gasteiger partial charge in [-0.3, -0.25) is 0 Å². The predicted octanol–water partition coefficient (Wildman–Crippen LogP) is 2.55. The van der Waals surface area contributed by atoms with Gasteiger partial charge in [0.15, 0.2) is 5.16 Å². The van der Waals surface area contributed by atoms with Gasteiger partial charge in [0.1, 0.15) is 0 Å². The zero-order valence-corrected chi connectivity index (χ0v) is 14.6. The van der Waals surface area contributed by atoms with Crippen LogP contribution in [0.4, 0.5) is 0 Å². The molecule has 0 aliphatic carbocycles. The van der Waals surface area contributed by atoms with Gasteiger partial charge in [0.05, 0.1) is 25.5 Å². The second-order valence-corrected chi connectivity index (χ2v) is 6.86. The highest BCUT2D eigenvalue weighted by Gasteiger charge is 2.26. The van der Waals surface area contributed by atoms with E-state index in [1.165, 1.54) is 11.8 Å². The summed E-state index contributed by atoms with van der Waals surface area (Å²) in [6, 6.07) is 1.66. The van der Waals surface area contributed by atoms with Gasteiger partial charge in [-0.2, -0.15) is 15.1 Å². The summed E-state index contributed by atoms with van der Waals surface area (Å²) in [5.41, 5.74) is 0.0177. The van der Waals surface area contributed by atoms with Crippen molar-refractivity contribution in [2.45, 2.75) is 31.2 Å². The lowest BCUT2D eigenvalue weighted by atomic mass is 9.92. The summed E-state index contributed by atoms with van der Waals surface area (Å²) in [4.78, 5) is 8.71. The van der Waals surface area contributed by atoms with Gasteiger partial charge in [0.25, 0.3) is 0 Å². The Morgan fingerprint density at radius 2 is 1.71 bits per heavy atom. The molecule has 7 heteroatoms. The van der Waals surface area contributed by atoms with E-state index in [0.29, 0.717) is 16.9 Å². The molecule has 0 aromatic carbocycles. The summed E-state index contributed by atoms with van der Waals surface area (Å²) >= 11 is 1.54. The summed E-state index contributed by atoms with van der Waals surface area (Å²) in [7, 11) is 6.94. The summed E-state index contributed by atoms with van der Waals surface area (Å²) in [5.74, 6) is 0.975. The third-order valence-electron chi connectivity index (χ3n) is 2.60. The van der Waals surface area contributed by atoms with E-state index in [2.05, 4.69) is 35.8 Å². The first-order chi connectivity index (χ1) is 9.76. The van der Waals surface area contributed by atoms with Crippen molar-refractivity contribution in [3.8, 4) is 11.8 Å². The second-order valence-electron chi connectivity index (χ2n) is 5.75. The van der Waals surface area contributed by atoms with Gasteiger partial charge < -0.3 is 14.5 Å². The maximum atomic E-state index is 5.18. The van der Waals surface area contributed by atoms with Gasteiger partial charge in [-0.1, -0.05) is 32.5 Å². The zero-order chi connectivity index (χ0) is 16.0. The van der Waals surface area contributed by atoms with Crippen LogP contribution in [0, 0.1) is 5.41 Å². The van der Waals surface area contributed by atoms with Crippen molar-refractivity contribution in [1.29, 1.82) is 0 Å². The van der Waals surface area contributed by atoms with E-state index in [4.69, 9.17) is 9.47 Å². The maximum absolute atomic E-state index is 5.18. The first-order valence-electron chi connectivity index (χ1n) is 6.61. The summed E-state index contributed by atoms with van der Waals surface area (Å²) in [6.07, 6.45) is 1.92. The number of ether oxygens (including phenoxy) is 2. The summed E-state index contributed by atoms with van der Waals surface area (Å²) in [5, 5.41) is 6.84. The number of hydrazone groups is 1. The molecule has 6 nitrogen and oxygen atoms in total.